The fraction of sp³-hybridized carbons (Fsp3) is 0.143. The number of nitrogens with two attached hydrogens (primary N) is 1. The lowest BCUT2D eigenvalue weighted by molar-refractivity contribution is 0.1000. The highest BCUT2D eigenvalue weighted by Crippen LogP contribution is 1.91. The fourth-order valence-corrected chi connectivity index (χ4v) is 0.516. The number of nitrogens with zero attached hydrogens (tertiary/aromatic N) is 1. The van der Waals surface area contributed by atoms with Crippen LogP contribution in [0, 0.1) is 0 Å². The highest BCUT2D eigenvalue weighted by atomic mass is 16.2. The van der Waals surface area contributed by atoms with E-state index in [-0.39, 0.29) is 0 Å². The molecule has 0 saturated heterocycles. The number of pyridine rings is 1. The minimum Gasteiger partial charge on any atom is -0.400 e. The van der Waals surface area contributed by atoms with Gasteiger partial charge in [0.15, 0.2) is 0 Å². The summed E-state index contributed by atoms with van der Waals surface area (Å²) < 4.78 is 0. The molecule has 11 heavy (non-hydrogen) atoms. The van der Waals surface area contributed by atoms with Gasteiger partial charge in [-0.3, -0.25) is 9.78 Å². The van der Waals surface area contributed by atoms with Gasteiger partial charge in [-0.25, -0.2) is 0 Å². The number of carbonyl (C=O) groups is 1. The molecular formula is C7H10N2O2. The van der Waals surface area contributed by atoms with Crippen molar-refractivity contribution >= 4 is 5.91 Å². The van der Waals surface area contributed by atoms with E-state index in [1.807, 2.05) is 0 Å². The van der Waals surface area contributed by atoms with E-state index >= 15 is 0 Å². The first-order chi connectivity index (χ1) is 5.30. The summed E-state index contributed by atoms with van der Waals surface area (Å²) in [6.07, 6.45) is 3.06. The topological polar surface area (TPSA) is 76.2 Å². The number of carbonyl (C=O) groups excluding carboxylic acids is 1. The molecule has 60 valence electrons. The molecule has 0 fully saturated rings. The number of aliphatic hydroxyl groups excluding tert-OH is 1. The van der Waals surface area contributed by atoms with E-state index in [1.165, 1.54) is 12.4 Å². The molecular weight excluding hydrogens is 144 g/mol. The number of amides is 1. The number of aromatic nitrogens is 1. The van der Waals surface area contributed by atoms with Crippen LogP contribution in [0.3, 0.4) is 0 Å². The van der Waals surface area contributed by atoms with E-state index in [2.05, 4.69) is 4.98 Å². The highest BCUT2D eigenvalue weighted by molar-refractivity contribution is 5.92. The average Bonchev–Trinajstić information content (AvgIpc) is 2.10. The number of rotatable bonds is 1. The first-order valence-corrected chi connectivity index (χ1v) is 2.95. The van der Waals surface area contributed by atoms with Crippen LogP contribution in [0.1, 0.15) is 10.4 Å². The van der Waals surface area contributed by atoms with Crippen LogP contribution in [0.2, 0.25) is 0 Å². The molecule has 3 N–H and O–H groups in total. The van der Waals surface area contributed by atoms with Gasteiger partial charge in [0.2, 0.25) is 5.91 Å². The van der Waals surface area contributed by atoms with Crippen molar-refractivity contribution in [3.63, 3.8) is 0 Å². The molecule has 1 heterocycles. The quantitative estimate of drug-likeness (QED) is 0.587. The van der Waals surface area contributed by atoms with E-state index in [1.54, 1.807) is 12.1 Å². The zero-order chi connectivity index (χ0) is 8.69. The van der Waals surface area contributed by atoms with Gasteiger partial charge in [0, 0.05) is 25.1 Å². The Labute approximate surface area is 64.7 Å². The minimum atomic E-state index is -0.419. The number of hydrogen-bond donors (Lipinski definition) is 2. The van der Waals surface area contributed by atoms with E-state index in [4.69, 9.17) is 10.8 Å². The molecule has 1 rings (SSSR count). The Balaban J connectivity index is 0.000000461. The van der Waals surface area contributed by atoms with Gasteiger partial charge in [0.05, 0.1) is 0 Å². The van der Waals surface area contributed by atoms with Gasteiger partial charge in [0.1, 0.15) is 0 Å². The first kappa shape index (κ1) is 9.58. The van der Waals surface area contributed by atoms with Crippen LogP contribution >= 0.6 is 0 Å². The Morgan fingerprint density at radius 1 is 1.45 bits per heavy atom. The second-order valence-electron chi connectivity index (χ2n) is 1.60. The summed E-state index contributed by atoms with van der Waals surface area (Å²) in [6.45, 7) is 0. The monoisotopic (exact) mass is 154 g/mol. The Hall–Kier alpha value is -1.42. The smallest absolute Gasteiger partial charge is 0.248 e. The van der Waals surface area contributed by atoms with Gasteiger partial charge in [-0.1, -0.05) is 0 Å². The summed E-state index contributed by atoms with van der Waals surface area (Å²) in [6, 6.07) is 3.14. The Kier molecular flexibility index (Phi) is 4.68. The van der Waals surface area contributed by atoms with Crippen LogP contribution in [0.25, 0.3) is 0 Å². The van der Waals surface area contributed by atoms with E-state index < -0.39 is 5.91 Å². The Morgan fingerprint density at radius 3 is 2.18 bits per heavy atom. The molecule has 0 aliphatic heterocycles. The molecule has 0 atom stereocenters. The van der Waals surface area contributed by atoms with Gasteiger partial charge in [0.25, 0.3) is 0 Å². The lowest BCUT2D eigenvalue weighted by atomic mass is 10.3. The Morgan fingerprint density at radius 2 is 1.91 bits per heavy atom. The molecule has 0 aromatic carbocycles. The normalized spacial score (nSPS) is 7.82. The summed E-state index contributed by atoms with van der Waals surface area (Å²) >= 11 is 0. The highest BCUT2D eigenvalue weighted by Gasteiger charge is 1.94. The van der Waals surface area contributed by atoms with Crippen molar-refractivity contribution in [2.24, 2.45) is 5.73 Å². The summed E-state index contributed by atoms with van der Waals surface area (Å²) in [7, 11) is 1.00. The van der Waals surface area contributed by atoms with Crippen molar-refractivity contribution in [2.45, 2.75) is 0 Å². The molecule has 0 unspecified atom stereocenters. The Bertz CT molecular complexity index is 211. The van der Waals surface area contributed by atoms with Gasteiger partial charge in [-0.15, -0.1) is 0 Å². The van der Waals surface area contributed by atoms with E-state index in [0.717, 1.165) is 7.11 Å². The van der Waals surface area contributed by atoms with E-state index in [0.29, 0.717) is 5.56 Å². The molecule has 1 aromatic rings. The second kappa shape index (κ2) is 5.37. The second-order valence-corrected chi connectivity index (χ2v) is 1.60. The van der Waals surface area contributed by atoms with Crippen LogP contribution in [-0.4, -0.2) is 23.1 Å². The lowest BCUT2D eigenvalue weighted by Gasteiger charge is -1.88. The molecule has 0 bridgehead atoms. The van der Waals surface area contributed by atoms with Crippen molar-refractivity contribution in [2.75, 3.05) is 7.11 Å². The van der Waals surface area contributed by atoms with Gasteiger partial charge in [-0.2, -0.15) is 0 Å². The van der Waals surface area contributed by atoms with Crippen molar-refractivity contribution in [1.82, 2.24) is 4.98 Å². The number of aliphatic hydroxyl groups is 1. The fourth-order valence-electron chi connectivity index (χ4n) is 0.516. The molecule has 4 heteroatoms. The largest absolute Gasteiger partial charge is 0.400 e. The molecule has 0 aliphatic carbocycles. The maximum atomic E-state index is 10.4. The molecule has 0 aliphatic rings. The molecule has 0 saturated carbocycles. The molecule has 0 spiro atoms. The van der Waals surface area contributed by atoms with Crippen molar-refractivity contribution < 1.29 is 9.90 Å². The van der Waals surface area contributed by atoms with Crippen molar-refractivity contribution in [3.8, 4) is 0 Å². The maximum absolute atomic E-state index is 10.4. The first-order valence-electron chi connectivity index (χ1n) is 2.95. The van der Waals surface area contributed by atoms with Gasteiger partial charge in [-0.05, 0) is 12.1 Å². The van der Waals surface area contributed by atoms with Crippen LogP contribution < -0.4 is 5.73 Å². The standard InChI is InChI=1S/C6H6N2O.CH4O/c7-6(9)5-1-3-8-4-2-5;1-2/h1-4H,(H2,7,9);2H,1H3. The molecule has 1 aromatic heterocycles. The minimum absolute atomic E-state index is 0.419. The summed E-state index contributed by atoms with van der Waals surface area (Å²) in [4.78, 5) is 14.1. The third-order valence-corrected chi connectivity index (χ3v) is 0.965. The zero-order valence-electron chi connectivity index (χ0n) is 6.19. The van der Waals surface area contributed by atoms with Gasteiger partial charge < -0.3 is 10.8 Å². The van der Waals surface area contributed by atoms with E-state index in [9.17, 15) is 4.79 Å². The number of hydrogen-bond acceptors (Lipinski definition) is 3. The van der Waals surface area contributed by atoms with Crippen LogP contribution in [0.5, 0.6) is 0 Å². The average molecular weight is 154 g/mol. The summed E-state index contributed by atoms with van der Waals surface area (Å²) in [5.41, 5.74) is 5.44. The summed E-state index contributed by atoms with van der Waals surface area (Å²) in [5.74, 6) is -0.419. The predicted octanol–water partition coefficient (Wildman–Crippen LogP) is -0.211. The van der Waals surface area contributed by atoms with Crippen molar-refractivity contribution in [3.05, 3.63) is 30.1 Å². The van der Waals surface area contributed by atoms with Gasteiger partial charge >= 0.3 is 0 Å². The summed E-state index contributed by atoms with van der Waals surface area (Å²) in [5, 5.41) is 7.00. The van der Waals surface area contributed by atoms with Crippen molar-refractivity contribution in [1.29, 1.82) is 0 Å². The molecule has 1 amide bonds. The van der Waals surface area contributed by atoms with Crippen LogP contribution in [0.4, 0.5) is 0 Å². The van der Waals surface area contributed by atoms with Crippen LogP contribution in [-0.2, 0) is 0 Å². The number of primary amides is 1. The maximum Gasteiger partial charge on any atom is 0.248 e. The lowest BCUT2D eigenvalue weighted by Crippen LogP contribution is -2.10. The zero-order valence-corrected chi connectivity index (χ0v) is 6.19. The molecule has 0 radical (unpaired) electrons. The third kappa shape index (κ3) is 3.32. The van der Waals surface area contributed by atoms with Crippen LogP contribution in [0.15, 0.2) is 24.5 Å². The SMILES string of the molecule is CO.NC(=O)c1ccncc1. The third-order valence-electron chi connectivity index (χ3n) is 0.965. The predicted molar refractivity (Wildman–Crippen MR) is 40.9 cm³/mol. The molecule has 4 nitrogen and oxygen atoms in total.